The number of benzene rings is 1. The Labute approximate surface area is 184 Å². The van der Waals surface area contributed by atoms with Gasteiger partial charge in [0.25, 0.3) is 5.95 Å². The molecule has 1 unspecified atom stereocenters. The molecule has 1 fully saturated rings. The third-order valence-electron chi connectivity index (χ3n) is 5.11. The highest BCUT2D eigenvalue weighted by molar-refractivity contribution is 9.10. The van der Waals surface area contributed by atoms with Crippen molar-refractivity contribution >= 4 is 39.2 Å². The molecule has 2 N–H and O–H groups in total. The second kappa shape index (κ2) is 8.91. The highest BCUT2D eigenvalue weighted by atomic mass is 79.9. The molecule has 0 radical (unpaired) electrons. The average molecular weight is 469 g/mol. The summed E-state index contributed by atoms with van der Waals surface area (Å²) in [5.74, 6) is 1.73. The Morgan fingerprint density at radius 1 is 1.07 bits per heavy atom. The molecule has 2 heterocycles. The molecule has 1 aliphatic rings. The van der Waals surface area contributed by atoms with E-state index in [1.807, 2.05) is 44.2 Å². The highest BCUT2D eigenvalue weighted by Gasteiger charge is 2.17. The van der Waals surface area contributed by atoms with E-state index < -0.39 is 0 Å². The maximum Gasteiger partial charge on any atom is 0.257 e. The summed E-state index contributed by atoms with van der Waals surface area (Å²) in [5, 5.41) is 12.4. The molecule has 156 valence electrons. The first-order valence-corrected chi connectivity index (χ1v) is 10.9. The monoisotopic (exact) mass is 468 g/mol. The van der Waals surface area contributed by atoms with Crippen molar-refractivity contribution in [1.82, 2.24) is 24.7 Å². The molecule has 3 aromatic rings. The standard InChI is InChI=1S/C21H25BrN8/c1-13-6-4-5-7-18(13)27-28-20-24-19(23-17-10-8-16(22)9-11-17)25-21(26-20)30-15(3)12-14(2)29-30/h8-13H,4-7H2,1-3H3,(H2,23,24,25,26,28)/b27-18+. The molecule has 0 amide bonds. The number of aromatic nitrogens is 5. The van der Waals surface area contributed by atoms with E-state index in [4.69, 9.17) is 0 Å². The number of nitrogens with one attached hydrogen (secondary N) is 2. The van der Waals surface area contributed by atoms with Crippen LogP contribution in [0.4, 0.5) is 17.6 Å². The van der Waals surface area contributed by atoms with Gasteiger partial charge in [-0.1, -0.05) is 29.3 Å². The minimum absolute atomic E-state index is 0.387. The third kappa shape index (κ3) is 4.84. The summed E-state index contributed by atoms with van der Waals surface area (Å²) >= 11 is 3.45. The van der Waals surface area contributed by atoms with E-state index in [-0.39, 0.29) is 0 Å². The van der Waals surface area contributed by atoms with Crippen LogP contribution in [0.1, 0.15) is 44.0 Å². The topological polar surface area (TPSA) is 92.9 Å². The van der Waals surface area contributed by atoms with Crippen LogP contribution in [-0.2, 0) is 0 Å². The van der Waals surface area contributed by atoms with Crippen LogP contribution in [0.2, 0.25) is 0 Å². The zero-order valence-electron chi connectivity index (χ0n) is 17.4. The number of aryl methyl sites for hydroxylation is 2. The Bertz CT molecular complexity index is 1060. The molecule has 4 rings (SSSR count). The van der Waals surface area contributed by atoms with Gasteiger partial charge in [0.2, 0.25) is 11.9 Å². The van der Waals surface area contributed by atoms with E-state index in [0.717, 1.165) is 33.7 Å². The third-order valence-corrected chi connectivity index (χ3v) is 5.64. The van der Waals surface area contributed by atoms with Crippen molar-refractivity contribution in [3.05, 3.63) is 46.2 Å². The van der Waals surface area contributed by atoms with E-state index in [1.54, 1.807) is 4.68 Å². The Hall–Kier alpha value is -2.81. The van der Waals surface area contributed by atoms with Gasteiger partial charge in [-0.3, -0.25) is 0 Å². The van der Waals surface area contributed by atoms with Crippen molar-refractivity contribution in [3.8, 4) is 5.95 Å². The lowest BCUT2D eigenvalue weighted by atomic mass is 9.89. The van der Waals surface area contributed by atoms with E-state index in [2.05, 4.69) is 58.7 Å². The molecule has 0 bridgehead atoms. The largest absolute Gasteiger partial charge is 0.324 e. The highest BCUT2D eigenvalue weighted by Crippen LogP contribution is 2.22. The first-order valence-electron chi connectivity index (χ1n) is 10.1. The Morgan fingerprint density at radius 2 is 1.83 bits per heavy atom. The van der Waals surface area contributed by atoms with Crippen LogP contribution in [0, 0.1) is 19.8 Å². The fraction of sp³-hybridized carbons (Fsp3) is 0.381. The van der Waals surface area contributed by atoms with Gasteiger partial charge in [0.1, 0.15) is 0 Å². The van der Waals surface area contributed by atoms with Crippen LogP contribution >= 0.6 is 15.9 Å². The predicted octanol–water partition coefficient (Wildman–Crippen LogP) is 5.16. The fourth-order valence-electron chi connectivity index (χ4n) is 3.52. The van der Waals surface area contributed by atoms with Gasteiger partial charge in [-0.2, -0.15) is 25.2 Å². The normalized spacial score (nSPS) is 17.9. The molecule has 9 heteroatoms. The SMILES string of the molecule is Cc1cc(C)n(-c2nc(N/N=C3\CCCCC3C)nc(Nc3ccc(Br)cc3)n2)n1. The molecule has 1 atom stereocenters. The number of nitrogens with zero attached hydrogens (tertiary/aromatic N) is 6. The number of hydrazone groups is 1. The number of hydrogen-bond acceptors (Lipinski definition) is 7. The van der Waals surface area contributed by atoms with E-state index in [9.17, 15) is 0 Å². The second-order valence-corrected chi connectivity index (χ2v) is 8.53. The van der Waals surface area contributed by atoms with Crippen LogP contribution in [0.5, 0.6) is 0 Å². The van der Waals surface area contributed by atoms with Crippen LogP contribution in [0.15, 0.2) is 39.9 Å². The van der Waals surface area contributed by atoms with Gasteiger partial charge >= 0.3 is 0 Å². The van der Waals surface area contributed by atoms with Gasteiger partial charge in [-0.05, 0) is 69.4 Å². The molecule has 2 aromatic heterocycles. The lowest BCUT2D eigenvalue weighted by Gasteiger charge is -2.19. The quantitative estimate of drug-likeness (QED) is 0.502. The van der Waals surface area contributed by atoms with Crippen molar-refractivity contribution in [3.63, 3.8) is 0 Å². The van der Waals surface area contributed by atoms with Crippen LogP contribution in [-0.4, -0.2) is 30.4 Å². The summed E-state index contributed by atoms with van der Waals surface area (Å²) in [6.45, 7) is 6.14. The lowest BCUT2D eigenvalue weighted by molar-refractivity contribution is 0.558. The van der Waals surface area contributed by atoms with Crippen LogP contribution in [0.3, 0.4) is 0 Å². The van der Waals surface area contributed by atoms with E-state index in [1.165, 1.54) is 19.3 Å². The summed E-state index contributed by atoms with van der Waals surface area (Å²) in [7, 11) is 0. The van der Waals surface area contributed by atoms with Gasteiger partial charge in [0.05, 0.1) is 5.69 Å². The molecule has 0 spiro atoms. The van der Waals surface area contributed by atoms with Gasteiger partial charge < -0.3 is 5.32 Å². The van der Waals surface area contributed by atoms with Gasteiger partial charge in [-0.25, -0.2) is 10.1 Å². The average Bonchev–Trinajstić information content (AvgIpc) is 3.07. The van der Waals surface area contributed by atoms with Crippen molar-refractivity contribution in [2.24, 2.45) is 11.0 Å². The Kier molecular flexibility index (Phi) is 6.08. The molecule has 1 aromatic carbocycles. The second-order valence-electron chi connectivity index (χ2n) is 7.62. The molecule has 0 aliphatic heterocycles. The van der Waals surface area contributed by atoms with Gasteiger partial charge in [-0.15, -0.1) is 0 Å². The van der Waals surface area contributed by atoms with E-state index >= 15 is 0 Å². The molecular weight excluding hydrogens is 444 g/mol. The number of halogens is 1. The number of rotatable bonds is 5. The summed E-state index contributed by atoms with van der Waals surface area (Å²) in [6, 6.07) is 9.81. The Morgan fingerprint density at radius 3 is 2.53 bits per heavy atom. The van der Waals surface area contributed by atoms with Crippen molar-refractivity contribution in [2.75, 3.05) is 10.7 Å². The summed E-state index contributed by atoms with van der Waals surface area (Å²) in [4.78, 5) is 13.6. The molecule has 1 aliphatic carbocycles. The minimum Gasteiger partial charge on any atom is -0.324 e. The summed E-state index contributed by atoms with van der Waals surface area (Å²) in [5.41, 5.74) is 6.95. The first-order chi connectivity index (χ1) is 14.5. The predicted molar refractivity (Wildman–Crippen MR) is 123 cm³/mol. The number of hydrogen-bond donors (Lipinski definition) is 2. The van der Waals surface area contributed by atoms with Crippen molar-refractivity contribution in [2.45, 2.75) is 46.5 Å². The van der Waals surface area contributed by atoms with Gasteiger partial charge in [0, 0.05) is 21.6 Å². The molecule has 1 saturated carbocycles. The van der Waals surface area contributed by atoms with Crippen LogP contribution in [0.25, 0.3) is 5.95 Å². The first kappa shape index (κ1) is 20.5. The fourth-order valence-corrected chi connectivity index (χ4v) is 3.78. The summed E-state index contributed by atoms with van der Waals surface area (Å²) < 4.78 is 2.72. The zero-order chi connectivity index (χ0) is 21.1. The summed E-state index contributed by atoms with van der Waals surface area (Å²) in [6.07, 6.45) is 4.61. The van der Waals surface area contributed by atoms with Crippen molar-refractivity contribution in [1.29, 1.82) is 0 Å². The van der Waals surface area contributed by atoms with E-state index in [0.29, 0.717) is 23.8 Å². The minimum atomic E-state index is 0.387. The van der Waals surface area contributed by atoms with Gasteiger partial charge in [0.15, 0.2) is 0 Å². The molecule has 0 saturated heterocycles. The lowest BCUT2D eigenvalue weighted by Crippen LogP contribution is -2.18. The smallest absolute Gasteiger partial charge is 0.257 e. The zero-order valence-corrected chi connectivity index (χ0v) is 18.9. The van der Waals surface area contributed by atoms with Crippen LogP contribution < -0.4 is 10.7 Å². The maximum absolute atomic E-state index is 4.61. The maximum atomic E-state index is 4.61. The molecular formula is C21H25BrN8. The Balaban J connectivity index is 1.67. The molecule has 8 nitrogen and oxygen atoms in total. The molecule has 30 heavy (non-hydrogen) atoms. The van der Waals surface area contributed by atoms with Crippen molar-refractivity contribution < 1.29 is 0 Å². The number of anilines is 3.